The lowest BCUT2D eigenvalue weighted by atomic mass is 10.0. The lowest BCUT2D eigenvalue weighted by Gasteiger charge is -2.23. The van der Waals surface area contributed by atoms with Crippen molar-refractivity contribution in [2.24, 2.45) is 0 Å². The number of aryl methyl sites for hydroxylation is 2. The summed E-state index contributed by atoms with van der Waals surface area (Å²) in [5, 5.41) is 0. The number of rotatable bonds is 4. The average molecular weight is 303 g/mol. The van der Waals surface area contributed by atoms with Crippen molar-refractivity contribution in [1.82, 2.24) is 4.98 Å². The largest absolute Gasteiger partial charge is 1.00 e. The molecule has 17 heavy (non-hydrogen) atoms. The Balaban J connectivity index is 0.00000256. The molecule has 0 aliphatic rings. The zero-order valence-corrected chi connectivity index (χ0v) is 13.2. The second-order valence-corrected chi connectivity index (χ2v) is 5.56. The molecular weight excluding hydrogens is 280 g/mol. The summed E-state index contributed by atoms with van der Waals surface area (Å²) in [6.45, 7) is 6.87. The van der Waals surface area contributed by atoms with E-state index >= 15 is 0 Å². The van der Waals surface area contributed by atoms with Crippen LogP contribution in [-0.2, 0) is 0 Å². The van der Waals surface area contributed by atoms with Crippen molar-refractivity contribution in [2.75, 3.05) is 27.7 Å². The third-order valence-electron chi connectivity index (χ3n) is 2.98. The zero-order valence-electron chi connectivity index (χ0n) is 11.6. The fourth-order valence-electron chi connectivity index (χ4n) is 1.89. The van der Waals surface area contributed by atoms with Gasteiger partial charge in [-0.2, -0.15) is 0 Å². The number of H-pyrrole nitrogens is 1. The molecule has 4 heteroatoms. The predicted octanol–water partition coefficient (Wildman–Crippen LogP) is -0.777. The minimum atomic E-state index is 0. The van der Waals surface area contributed by atoms with Crippen molar-refractivity contribution >= 4 is 5.78 Å². The summed E-state index contributed by atoms with van der Waals surface area (Å²) in [4.78, 5) is 15.3. The molecule has 1 N–H and O–H groups in total. The standard InChI is InChI=1S/C13H22N2O.BrH/c1-9-10(2)14-11(3)13(9)12(16)7-8-15(4,5)6;/h7-8H2,1-6H3;1H. The molecule has 0 spiro atoms. The Bertz CT molecular complexity index is 402. The summed E-state index contributed by atoms with van der Waals surface area (Å²) in [7, 11) is 6.32. The van der Waals surface area contributed by atoms with Gasteiger partial charge in [-0.1, -0.05) is 0 Å². The van der Waals surface area contributed by atoms with Gasteiger partial charge in [0.25, 0.3) is 0 Å². The normalized spacial score (nSPS) is 11.2. The van der Waals surface area contributed by atoms with Gasteiger partial charge in [0.1, 0.15) is 0 Å². The molecule has 0 aliphatic heterocycles. The number of nitrogens with zero attached hydrogens (tertiary/aromatic N) is 1. The smallest absolute Gasteiger partial charge is 0.170 e. The molecule has 0 atom stereocenters. The quantitative estimate of drug-likeness (QED) is 0.575. The van der Waals surface area contributed by atoms with E-state index in [-0.39, 0.29) is 22.8 Å². The molecule has 1 rings (SSSR count). The monoisotopic (exact) mass is 302 g/mol. The molecule has 1 aromatic heterocycles. The number of nitrogens with one attached hydrogen (secondary N) is 1. The van der Waals surface area contributed by atoms with Gasteiger partial charge in [-0.3, -0.25) is 4.79 Å². The van der Waals surface area contributed by atoms with Gasteiger partial charge in [-0.15, -0.1) is 0 Å². The summed E-state index contributed by atoms with van der Waals surface area (Å²) in [6, 6.07) is 0. The fraction of sp³-hybridized carbons (Fsp3) is 0.615. The molecule has 0 radical (unpaired) electrons. The lowest BCUT2D eigenvalue weighted by Crippen LogP contribution is -3.00. The van der Waals surface area contributed by atoms with Crippen LogP contribution in [-0.4, -0.2) is 42.9 Å². The van der Waals surface area contributed by atoms with Crippen LogP contribution in [0.4, 0.5) is 0 Å². The molecule has 0 saturated heterocycles. The first-order valence-electron chi connectivity index (χ1n) is 5.72. The highest BCUT2D eigenvalue weighted by Crippen LogP contribution is 2.19. The number of halogens is 1. The number of quaternary nitrogens is 1. The molecule has 0 bridgehead atoms. The van der Waals surface area contributed by atoms with Crippen LogP contribution in [0, 0.1) is 20.8 Å². The number of ketones is 1. The Labute approximate surface area is 115 Å². The molecule has 1 aromatic rings. The number of aromatic amines is 1. The van der Waals surface area contributed by atoms with Crippen molar-refractivity contribution in [1.29, 1.82) is 0 Å². The van der Waals surface area contributed by atoms with Gasteiger partial charge in [-0.05, 0) is 26.3 Å². The van der Waals surface area contributed by atoms with Crippen LogP contribution in [0.1, 0.15) is 33.7 Å². The second kappa shape index (κ2) is 5.83. The Morgan fingerprint density at radius 2 is 1.65 bits per heavy atom. The zero-order chi connectivity index (χ0) is 12.5. The van der Waals surface area contributed by atoms with Crippen molar-refractivity contribution in [3.05, 3.63) is 22.5 Å². The van der Waals surface area contributed by atoms with Crippen LogP contribution in [0.5, 0.6) is 0 Å². The topological polar surface area (TPSA) is 32.9 Å². The number of carbonyl (C=O) groups is 1. The maximum absolute atomic E-state index is 12.1. The van der Waals surface area contributed by atoms with E-state index in [1.165, 1.54) is 0 Å². The highest BCUT2D eigenvalue weighted by Gasteiger charge is 2.18. The van der Waals surface area contributed by atoms with Crippen LogP contribution in [0.3, 0.4) is 0 Å². The van der Waals surface area contributed by atoms with E-state index in [1.54, 1.807) is 0 Å². The number of carbonyl (C=O) groups excluding carboxylic acids is 1. The molecule has 0 saturated carbocycles. The Morgan fingerprint density at radius 1 is 1.12 bits per heavy atom. The summed E-state index contributed by atoms with van der Waals surface area (Å²) >= 11 is 0. The molecule has 0 aliphatic carbocycles. The van der Waals surface area contributed by atoms with Crippen molar-refractivity contribution in [3.8, 4) is 0 Å². The number of aromatic nitrogens is 1. The highest BCUT2D eigenvalue weighted by atomic mass is 79.9. The van der Waals surface area contributed by atoms with E-state index in [1.807, 2.05) is 20.8 Å². The average Bonchev–Trinajstić information content (AvgIpc) is 2.36. The van der Waals surface area contributed by atoms with Gasteiger partial charge >= 0.3 is 0 Å². The molecule has 98 valence electrons. The van der Waals surface area contributed by atoms with E-state index in [9.17, 15) is 4.79 Å². The third kappa shape index (κ3) is 4.28. The summed E-state index contributed by atoms with van der Waals surface area (Å²) in [5.74, 6) is 0.257. The first-order valence-corrected chi connectivity index (χ1v) is 5.72. The molecule has 3 nitrogen and oxygen atoms in total. The van der Waals surface area contributed by atoms with Crippen LogP contribution >= 0.6 is 0 Å². The number of hydrogen-bond donors (Lipinski definition) is 1. The molecule has 0 amide bonds. The first kappa shape index (κ1) is 16.4. The van der Waals surface area contributed by atoms with E-state index < -0.39 is 0 Å². The molecule has 1 heterocycles. The molecule has 0 unspecified atom stereocenters. The van der Waals surface area contributed by atoms with E-state index in [2.05, 4.69) is 26.1 Å². The van der Waals surface area contributed by atoms with Gasteiger partial charge in [0, 0.05) is 17.0 Å². The minimum absolute atomic E-state index is 0. The Morgan fingerprint density at radius 3 is 2.00 bits per heavy atom. The minimum Gasteiger partial charge on any atom is -1.00 e. The summed E-state index contributed by atoms with van der Waals surface area (Å²) in [5.41, 5.74) is 4.10. The van der Waals surface area contributed by atoms with E-state index in [0.717, 1.165) is 33.5 Å². The molecular formula is C13H23BrN2O. The van der Waals surface area contributed by atoms with E-state index in [0.29, 0.717) is 6.42 Å². The first-order chi connectivity index (χ1) is 7.22. The highest BCUT2D eigenvalue weighted by molar-refractivity contribution is 5.98. The summed E-state index contributed by atoms with van der Waals surface area (Å²) in [6.07, 6.45) is 0.614. The van der Waals surface area contributed by atoms with Gasteiger partial charge in [0.15, 0.2) is 5.78 Å². The Hall–Kier alpha value is -0.610. The predicted molar refractivity (Wildman–Crippen MR) is 66.9 cm³/mol. The van der Waals surface area contributed by atoms with Gasteiger partial charge < -0.3 is 26.4 Å². The van der Waals surface area contributed by atoms with Crippen LogP contribution in [0.2, 0.25) is 0 Å². The van der Waals surface area contributed by atoms with Gasteiger partial charge in [0.05, 0.1) is 34.1 Å². The Kier molecular flexibility index (Phi) is 5.62. The number of Topliss-reactive ketones (excluding diaryl/α,β-unsaturated/α-hetero) is 1. The fourth-order valence-corrected chi connectivity index (χ4v) is 1.89. The van der Waals surface area contributed by atoms with Crippen molar-refractivity contribution < 1.29 is 26.3 Å². The molecule has 0 fully saturated rings. The van der Waals surface area contributed by atoms with Crippen molar-refractivity contribution in [2.45, 2.75) is 27.2 Å². The maximum Gasteiger partial charge on any atom is 0.170 e. The van der Waals surface area contributed by atoms with Crippen LogP contribution in [0.15, 0.2) is 0 Å². The van der Waals surface area contributed by atoms with Crippen LogP contribution in [0.25, 0.3) is 0 Å². The number of hydrogen-bond acceptors (Lipinski definition) is 1. The van der Waals surface area contributed by atoms with Gasteiger partial charge in [-0.25, -0.2) is 0 Å². The molecule has 0 aromatic carbocycles. The van der Waals surface area contributed by atoms with Crippen molar-refractivity contribution in [3.63, 3.8) is 0 Å². The van der Waals surface area contributed by atoms with E-state index in [4.69, 9.17) is 0 Å². The maximum atomic E-state index is 12.1. The lowest BCUT2D eigenvalue weighted by molar-refractivity contribution is -0.869. The van der Waals surface area contributed by atoms with Crippen LogP contribution < -0.4 is 17.0 Å². The summed E-state index contributed by atoms with van der Waals surface area (Å²) < 4.78 is 0.827. The SMILES string of the molecule is Cc1[nH]c(C)c(C(=O)CC[N+](C)(C)C)c1C.[Br-]. The van der Waals surface area contributed by atoms with Gasteiger partial charge in [0.2, 0.25) is 0 Å². The third-order valence-corrected chi connectivity index (χ3v) is 2.98. The second-order valence-electron chi connectivity index (χ2n) is 5.56.